The van der Waals surface area contributed by atoms with E-state index >= 15 is 0 Å². The van der Waals surface area contributed by atoms with Gasteiger partial charge in [-0.2, -0.15) is 0 Å². The lowest BCUT2D eigenvalue weighted by Crippen LogP contribution is -2.41. The van der Waals surface area contributed by atoms with Crippen LogP contribution in [0.15, 0.2) is 48.5 Å². The summed E-state index contributed by atoms with van der Waals surface area (Å²) in [6, 6.07) is 14.0. The number of morpholine rings is 1. The van der Waals surface area contributed by atoms with Crippen molar-refractivity contribution >= 4 is 27.5 Å². The molecule has 1 heterocycles. The number of carbonyl (C=O) groups excluding carboxylic acids is 2. The molecule has 166 valence electrons. The molecule has 0 bridgehead atoms. The molecule has 1 fully saturated rings. The molecule has 0 radical (unpaired) electrons. The van der Waals surface area contributed by atoms with Crippen LogP contribution in [0, 0.1) is 6.92 Å². The minimum Gasteiger partial charge on any atom is -0.378 e. The average Bonchev–Trinajstić information content (AvgIpc) is 2.75. The van der Waals surface area contributed by atoms with Gasteiger partial charge in [-0.3, -0.25) is 13.9 Å². The van der Waals surface area contributed by atoms with Crippen molar-refractivity contribution in [3.05, 3.63) is 65.2 Å². The largest absolute Gasteiger partial charge is 0.378 e. The van der Waals surface area contributed by atoms with Crippen LogP contribution < -0.4 is 9.62 Å². The molecule has 3 rings (SSSR count). The Morgan fingerprint density at radius 2 is 1.77 bits per heavy atom. The van der Waals surface area contributed by atoms with E-state index in [0.717, 1.165) is 21.7 Å². The van der Waals surface area contributed by atoms with E-state index in [2.05, 4.69) is 5.32 Å². The number of nitrogens with zero attached hydrogens (tertiary/aromatic N) is 2. The normalized spacial score (nSPS) is 14.2. The van der Waals surface area contributed by atoms with E-state index < -0.39 is 15.9 Å². The summed E-state index contributed by atoms with van der Waals surface area (Å²) in [7, 11) is -3.70. The molecule has 1 N–H and O–H groups in total. The average molecular weight is 446 g/mol. The molecular formula is C22H27N3O5S. The van der Waals surface area contributed by atoms with Gasteiger partial charge in [-0.05, 0) is 36.8 Å². The molecule has 0 aromatic heterocycles. The summed E-state index contributed by atoms with van der Waals surface area (Å²) in [5.74, 6) is -0.544. The maximum atomic E-state index is 12.6. The number of ether oxygens (including phenoxy) is 1. The van der Waals surface area contributed by atoms with Crippen LogP contribution in [0.2, 0.25) is 0 Å². The third-order valence-corrected chi connectivity index (χ3v) is 6.10. The molecule has 31 heavy (non-hydrogen) atoms. The van der Waals surface area contributed by atoms with Crippen molar-refractivity contribution in [2.45, 2.75) is 13.5 Å². The minimum absolute atomic E-state index is 0.128. The molecule has 0 unspecified atom stereocenters. The molecule has 1 aliphatic heterocycles. The van der Waals surface area contributed by atoms with Gasteiger partial charge in [0.15, 0.2) is 0 Å². The third kappa shape index (κ3) is 6.28. The number of rotatable bonds is 7. The monoisotopic (exact) mass is 445 g/mol. The highest BCUT2D eigenvalue weighted by Crippen LogP contribution is 2.19. The molecule has 2 amide bonds. The van der Waals surface area contributed by atoms with Crippen LogP contribution in [0.4, 0.5) is 5.69 Å². The van der Waals surface area contributed by atoms with Gasteiger partial charge in [0.05, 0.1) is 25.2 Å². The number of nitrogens with one attached hydrogen (secondary N) is 1. The molecule has 0 spiro atoms. The summed E-state index contributed by atoms with van der Waals surface area (Å²) in [5.41, 5.74) is 2.80. The second-order valence-corrected chi connectivity index (χ2v) is 9.39. The lowest BCUT2D eigenvalue weighted by atomic mass is 10.1. The number of benzene rings is 2. The first-order valence-corrected chi connectivity index (χ1v) is 11.9. The Bertz CT molecular complexity index is 1030. The van der Waals surface area contributed by atoms with Crippen LogP contribution >= 0.6 is 0 Å². The fourth-order valence-corrected chi connectivity index (χ4v) is 4.18. The van der Waals surface area contributed by atoms with E-state index in [4.69, 9.17) is 4.74 Å². The van der Waals surface area contributed by atoms with E-state index in [1.165, 1.54) is 0 Å². The highest BCUT2D eigenvalue weighted by atomic mass is 32.2. The van der Waals surface area contributed by atoms with Crippen LogP contribution in [0.25, 0.3) is 0 Å². The third-order valence-electron chi connectivity index (χ3n) is 4.96. The number of hydrogen-bond donors (Lipinski definition) is 1. The Kier molecular flexibility index (Phi) is 7.29. The van der Waals surface area contributed by atoms with Crippen LogP contribution in [0.3, 0.4) is 0 Å². The van der Waals surface area contributed by atoms with Gasteiger partial charge >= 0.3 is 0 Å². The van der Waals surface area contributed by atoms with Crippen LogP contribution in [-0.2, 0) is 26.1 Å². The fraction of sp³-hybridized carbons (Fsp3) is 0.364. The second-order valence-electron chi connectivity index (χ2n) is 7.49. The quantitative estimate of drug-likeness (QED) is 0.698. The lowest BCUT2D eigenvalue weighted by molar-refractivity contribution is -0.119. The van der Waals surface area contributed by atoms with Gasteiger partial charge in [-0.15, -0.1) is 0 Å². The summed E-state index contributed by atoms with van der Waals surface area (Å²) in [5, 5.41) is 2.75. The summed E-state index contributed by atoms with van der Waals surface area (Å²) >= 11 is 0. The lowest BCUT2D eigenvalue weighted by Gasteiger charge is -2.27. The van der Waals surface area contributed by atoms with Crippen molar-refractivity contribution in [1.82, 2.24) is 10.2 Å². The summed E-state index contributed by atoms with van der Waals surface area (Å²) in [6.45, 7) is 3.98. The Morgan fingerprint density at radius 3 is 2.39 bits per heavy atom. The van der Waals surface area contributed by atoms with Gasteiger partial charge in [0.2, 0.25) is 15.9 Å². The predicted molar refractivity (Wildman–Crippen MR) is 118 cm³/mol. The Balaban J connectivity index is 1.67. The molecule has 0 saturated carbocycles. The van der Waals surface area contributed by atoms with Crippen molar-refractivity contribution in [2.75, 3.05) is 43.4 Å². The Hall–Kier alpha value is -2.91. The minimum atomic E-state index is -3.70. The second kappa shape index (κ2) is 9.93. The predicted octanol–water partition coefficient (Wildman–Crippen LogP) is 1.55. The summed E-state index contributed by atoms with van der Waals surface area (Å²) in [4.78, 5) is 26.7. The smallest absolute Gasteiger partial charge is 0.254 e. The van der Waals surface area contributed by atoms with E-state index in [-0.39, 0.29) is 12.5 Å². The molecule has 0 aliphatic carbocycles. The maximum absolute atomic E-state index is 12.6. The maximum Gasteiger partial charge on any atom is 0.254 e. The zero-order valence-corrected chi connectivity index (χ0v) is 18.5. The van der Waals surface area contributed by atoms with Crippen molar-refractivity contribution in [2.24, 2.45) is 0 Å². The van der Waals surface area contributed by atoms with Crippen molar-refractivity contribution in [3.63, 3.8) is 0 Å². The number of sulfonamides is 1. The molecule has 8 nitrogen and oxygen atoms in total. The highest BCUT2D eigenvalue weighted by Gasteiger charge is 2.22. The summed E-state index contributed by atoms with van der Waals surface area (Å²) in [6.07, 6.45) is 1.05. The first-order valence-electron chi connectivity index (χ1n) is 10.0. The fourth-order valence-electron chi connectivity index (χ4n) is 3.33. The molecule has 1 aliphatic rings. The van der Waals surface area contributed by atoms with Gasteiger partial charge in [0, 0.05) is 25.2 Å². The molecular weight excluding hydrogens is 418 g/mol. The van der Waals surface area contributed by atoms with Crippen LogP contribution in [0.1, 0.15) is 21.5 Å². The van der Waals surface area contributed by atoms with Gasteiger partial charge < -0.3 is 15.0 Å². The first kappa shape index (κ1) is 22.8. The number of hydrogen-bond acceptors (Lipinski definition) is 5. The molecule has 2 aromatic carbocycles. The van der Waals surface area contributed by atoms with Crippen molar-refractivity contribution in [1.29, 1.82) is 0 Å². The highest BCUT2D eigenvalue weighted by molar-refractivity contribution is 7.92. The van der Waals surface area contributed by atoms with Crippen LogP contribution in [-0.4, -0.2) is 64.2 Å². The van der Waals surface area contributed by atoms with E-state index in [0.29, 0.717) is 44.1 Å². The first-order chi connectivity index (χ1) is 14.7. The Morgan fingerprint density at radius 1 is 1.10 bits per heavy atom. The van der Waals surface area contributed by atoms with Crippen molar-refractivity contribution < 1.29 is 22.7 Å². The molecule has 9 heteroatoms. The van der Waals surface area contributed by atoms with E-state index in [1.807, 2.05) is 31.2 Å². The van der Waals surface area contributed by atoms with Gasteiger partial charge in [0.25, 0.3) is 5.91 Å². The standard InChI is InChI=1S/C22H27N3O5S/c1-17-4-3-5-18(14-17)15-23-21(26)16-25(31(2,28)29)20-8-6-19(7-9-20)22(27)24-10-12-30-13-11-24/h3-9,14H,10-13,15-16H2,1-2H3,(H,23,26). The topological polar surface area (TPSA) is 96.0 Å². The Labute approximate surface area is 182 Å². The summed E-state index contributed by atoms with van der Waals surface area (Å²) < 4.78 is 30.9. The number of amides is 2. The SMILES string of the molecule is Cc1cccc(CNC(=O)CN(c2ccc(C(=O)N3CCOCC3)cc2)S(C)(=O)=O)c1. The number of carbonyl (C=O) groups is 2. The number of aryl methyl sites for hydroxylation is 1. The van der Waals surface area contributed by atoms with E-state index in [9.17, 15) is 18.0 Å². The van der Waals surface area contributed by atoms with Gasteiger partial charge in [0.1, 0.15) is 6.54 Å². The zero-order valence-electron chi connectivity index (χ0n) is 17.7. The van der Waals surface area contributed by atoms with Gasteiger partial charge in [-0.25, -0.2) is 8.42 Å². The van der Waals surface area contributed by atoms with Crippen molar-refractivity contribution in [3.8, 4) is 0 Å². The molecule has 1 saturated heterocycles. The molecule has 0 atom stereocenters. The number of anilines is 1. The van der Waals surface area contributed by atoms with Crippen LogP contribution in [0.5, 0.6) is 0 Å². The van der Waals surface area contributed by atoms with Gasteiger partial charge in [-0.1, -0.05) is 29.8 Å². The molecule has 2 aromatic rings. The zero-order chi connectivity index (χ0) is 22.4. The van der Waals surface area contributed by atoms with E-state index in [1.54, 1.807) is 29.2 Å².